The fourth-order valence-corrected chi connectivity index (χ4v) is 3.33. The second-order valence-corrected chi connectivity index (χ2v) is 7.50. The third-order valence-corrected chi connectivity index (χ3v) is 5.18. The van der Waals surface area contributed by atoms with Crippen molar-refractivity contribution in [3.05, 3.63) is 60.2 Å². The van der Waals surface area contributed by atoms with Gasteiger partial charge < -0.3 is 10.6 Å². The van der Waals surface area contributed by atoms with Crippen molar-refractivity contribution in [3.8, 4) is 0 Å². The first-order valence-corrected chi connectivity index (χ1v) is 8.92. The first-order chi connectivity index (χ1) is 10.9. The van der Waals surface area contributed by atoms with Gasteiger partial charge in [0.05, 0.1) is 4.90 Å². The summed E-state index contributed by atoms with van der Waals surface area (Å²) in [7, 11) is 0.369. The van der Waals surface area contributed by atoms with Crippen LogP contribution in [-0.2, 0) is 16.4 Å². The summed E-state index contributed by atoms with van der Waals surface area (Å²) in [4.78, 5) is 2.25. The second-order valence-electron chi connectivity index (χ2n) is 5.73. The molecule has 0 aliphatic heterocycles. The first-order valence-electron chi connectivity index (χ1n) is 7.44. The fourth-order valence-electron chi connectivity index (χ4n) is 2.26. The molecule has 6 heteroatoms. The molecule has 0 saturated carbocycles. The van der Waals surface area contributed by atoms with Crippen molar-refractivity contribution in [1.29, 1.82) is 0 Å². The molecule has 0 spiro atoms. The van der Waals surface area contributed by atoms with E-state index in [1.807, 2.05) is 49.3 Å². The third kappa shape index (κ3) is 5.06. The van der Waals surface area contributed by atoms with Gasteiger partial charge in [-0.15, -0.1) is 0 Å². The molecule has 124 valence electrons. The van der Waals surface area contributed by atoms with Crippen LogP contribution in [0.25, 0.3) is 0 Å². The number of sulfonamides is 1. The summed E-state index contributed by atoms with van der Waals surface area (Å²) in [6, 6.07) is 16.3. The Morgan fingerprint density at radius 1 is 1.04 bits per heavy atom. The number of nitrogens with one attached hydrogen (secondary N) is 1. The maximum absolute atomic E-state index is 12.4. The molecule has 0 aromatic heterocycles. The quantitative estimate of drug-likeness (QED) is 0.757. The number of benzene rings is 2. The zero-order valence-electron chi connectivity index (χ0n) is 13.4. The highest BCUT2D eigenvalue weighted by Crippen LogP contribution is 2.12. The van der Waals surface area contributed by atoms with Crippen LogP contribution >= 0.6 is 0 Å². The summed E-state index contributed by atoms with van der Waals surface area (Å²) in [6.07, 6.45) is 0.776. The van der Waals surface area contributed by atoms with Gasteiger partial charge >= 0.3 is 0 Å². The van der Waals surface area contributed by atoms with Crippen LogP contribution in [0.15, 0.2) is 59.5 Å². The maximum Gasteiger partial charge on any atom is 0.240 e. The summed E-state index contributed by atoms with van der Waals surface area (Å²) in [5.41, 5.74) is 7.32. The Hall–Kier alpha value is -1.89. The lowest BCUT2D eigenvalue weighted by Gasteiger charge is -2.24. The van der Waals surface area contributed by atoms with Crippen molar-refractivity contribution in [2.45, 2.75) is 17.4 Å². The van der Waals surface area contributed by atoms with Crippen molar-refractivity contribution in [2.24, 2.45) is 0 Å². The zero-order valence-corrected chi connectivity index (χ0v) is 14.3. The van der Waals surface area contributed by atoms with Crippen LogP contribution in [0.5, 0.6) is 0 Å². The predicted octanol–water partition coefficient (Wildman–Crippen LogP) is 1.72. The lowest BCUT2D eigenvalue weighted by Crippen LogP contribution is -2.41. The number of hydrogen-bond acceptors (Lipinski definition) is 4. The number of hydrogen-bond donors (Lipinski definition) is 2. The van der Waals surface area contributed by atoms with Gasteiger partial charge in [0.25, 0.3) is 0 Å². The molecular formula is C17H23N3O2S. The zero-order chi connectivity index (χ0) is 16.9. The van der Waals surface area contributed by atoms with Gasteiger partial charge in [0.15, 0.2) is 0 Å². The van der Waals surface area contributed by atoms with Crippen LogP contribution in [0.1, 0.15) is 5.56 Å². The van der Waals surface area contributed by atoms with E-state index in [9.17, 15) is 8.42 Å². The molecule has 0 fully saturated rings. The summed E-state index contributed by atoms with van der Waals surface area (Å²) in [5, 5.41) is 0. The number of nitrogens with two attached hydrogens (primary N) is 1. The molecule has 0 heterocycles. The van der Waals surface area contributed by atoms with E-state index in [1.165, 1.54) is 17.7 Å². The number of likely N-dealkylation sites (N-methyl/N-ethyl adjacent to an activating group) is 1. The lowest BCUT2D eigenvalue weighted by atomic mass is 10.1. The molecule has 0 bridgehead atoms. The Morgan fingerprint density at radius 3 is 2.22 bits per heavy atom. The van der Waals surface area contributed by atoms with Crippen molar-refractivity contribution in [2.75, 3.05) is 26.4 Å². The number of nitrogens with zero attached hydrogens (tertiary/aromatic N) is 1. The molecule has 5 nitrogen and oxygen atoms in total. The van der Waals surface area contributed by atoms with E-state index in [1.54, 1.807) is 12.1 Å². The van der Waals surface area contributed by atoms with Gasteiger partial charge in [0.2, 0.25) is 10.0 Å². The number of nitrogen functional groups attached to an aromatic ring is 1. The predicted molar refractivity (Wildman–Crippen MR) is 93.7 cm³/mol. The van der Waals surface area contributed by atoms with E-state index in [2.05, 4.69) is 4.72 Å². The third-order valence-electron chi connectivity index (χ3n) is 3.74. The minimum absolute atomic E-state index is 0.0703. The SMILES string of the molecule is CN(C)[C@@H](CNS(=O)(=O)c1ccc(N)cc1)Cc1ccccc1. The van der Waals surface area contributed by atoms with Crippen molar-refractivity contribution < 1.29 is 8.42 Å². The Balaban J connectivity index is 2.04. The van der Waals surface area contributed by atoms with Crippen molar-refractivity contribution in [1.82, 2.24) is 9.62 Å². The van der Waals surface area contributed by atoms with E-state index in [0.29, 0.717) is 12.2 Å². The van der Waals surface area contributed by atoms with E-state index in [-0.39, 0.29) is 10.9 Å². The van der Waals surface area contributed by atoms with Crippen LogP contribution in [0.4, 0.5) is 5.69 Å². The van der Waals surface area contributed by atoms with Crippen LogP contribution in [-0.4, -0.2) is 40.0 Å². The summed E-state index contributed by atoms with van der Waals surface area (Å²) < 4.78 is 27.4. The van der Waals surface area contributed by atoms with Gasteiger partial charge in [-0.1, -0.05) is 30.3 Å². The Kier molecular flexibility index (Phi) is 5.76. The molecule has 3 N–H and O–H groups in total. The fraction of sp³-hybridized carbons (Fsp3) is 0.294. The van der Waals surface area contributed by atoms with E-state index < -0.39 is 10.0 Å². The Morgan fingerprint density at radius 2 is 1.65 bits per heavy atom. The molecule has 0 aliphatic carbocycles. The largest absolute Gasteiger partial charge is 0.399 e. The minimum Gasteiger partial charge on any atom is -0.399 e. The smallest absolute Gasteiger partial charge is 0.240 e. The summed E-state index contributed by atoms with van der Waals surface area (Å²) >= 11 is 0. The minimum atomic E-state index is -3.53. The normalized spacial score (nSPS) is 13.2. The van der Waals surface area contributed by atoms with E-state index in [0.717, 1.165) is 6.42 Å². The monoisotopic (exact) mass is 333 g/mol. The highest BCUT2D eigenvalue weighted by atomic mass is 32.2. The molecule has 0 saturated heterocycles. The molecule has 0 aliphatic rings. The van der Waals surface area contributed by atoms with Gasteiger partial charge in [-0.3, -0.25) is 0 Å². The molecule has 0 radical (unpaired) electrons. The van der Waals surface area contributed by atoms with Crippen LogP contribution in [0.3, 0.4) is 0 Å². The Labute approximate surface area is 138 Å². The van der Waals surface area contributed by atoms with Gasteiger partial charge in [-0.05, 0) is 50.3 Å². The molecule has 23 heavy (non-hydrogen) atoms. The molecular weight excluding hydrogens is 310 g/mol. The molecule has 1 atom stereocenters. The molecule has 2 aromatic rings. The van der Waals surface area contributed by atoms with Gasteiger partial charge in [-0.2, -0.15) is 0 Å². The van der Waals surface area contributed by atoms with Crippen LogP contribution < -0.4 is 10.5 Å². The average Bonchev–Trinajstić information content (AvgIpc) is 2.52. The van der Waals surface area contributed by atoms with Crippen molar-refractivity contribution in [3.63, 3.8) is 0 Å². The topological polar surface area (TPSA) is 75.4 Å². The molecule has 2 rings (SSSR count). The highest BCUT2D eigenvalue weighted by molar-refractivity contribution is 7.89. The second kappa shape index (κ2) is 7.59. The molecule has 2 aromatic carbocycles. The molecule has 0 unspecified atom stereocenters. The van der Waals surface area contributed by atoms with E-state index >= 15 is 0 Å². The van der Waals surface area contributed by atoms with Gasteiger partial charge in [0.1, 0.15) is 0 Å². The summed E-state index contributed by atoms with van der Waals surface area (Å²) in [6.45, 7) is 0.342. The molecule has 0 amide bonds. The van der Waals surface area contributed by atoms with Crippen LogP contribution in [0.2, 0.25) is 0 Å². The van der Waals surface area contributed by atoms with E-state index in [4.69, 9.17) is 5.73 Å². The van der Waals surface area contributed by atoms with Gasteiger partial charge in [0, 0.05) is 18.3 Å². The lowest BCUT2D eigenvalue weighted by molar-refractivity contribution is 0.291. The Bertz CT molecular complexity index is 713. The standard InChI is InChI=1S/C17H23N3O2S/c1-20(2)16(12-14-6-4-3-5-7-14)13-19-23(21,22)17-10-8-15(18)9-11-17/h3-11,16,19H,12-13,18H2,1-2H3/t16-/m1/s1. The highest BCUT2D eigenvalue weighted by Gasteiger charge is 2.18. The van der Waals surface area contributed by atoms with Gasteiger partial charge in [-0.25, -0.2) is 13.1 Å². The number of anilines is 1. The first kappa shape index (κ1) is 17.5. The number of rotatable bonds is 7. The van der Waals surface area contributed by atoms with Crippen molar-refractivity contribution >= 4 is 15.7 Å². The average molecular weight is 333 g/mol. The maximum atomic E-state index is 12.4. The summed E-state index contributed by atoms with van der Waals surface area (Å²) in [5.74, 6) is 0. The van der Waals surface area contributed by atoms with Crippen LogP contribution in [0, 0.1) is 0 Å².